The number of carbonyl (C=O) groups is 2. The van der Waals surface area contributed by atoms with Gasteiger partial charge in [-0.25, -0.2) is 9.59 Å². The Bertz CT molecular complexity index is 1030. The van der Waals surface area contributed by atoms with Gasteiger partial charge in [0.15, 0.2) is 11.9 Å². The average molecular weight is 525 g/mol. The Labute approximate surface area is 213 Å². The van der Waals surface area contributed by atoms with E-state index >= 15 is 0 Å². The van der Waals surface area contributed by atoms with Crippen molar-refractivity contribution in [3.05, 3.63) is 54.1 Å². The van der Waals surface area contributed by atoms with Gasteiger partial charge in [0, 0.05) is 19.6 Å². The lowest BCUT2D eigenvalue weighted by Gasteiger charge is -2.32. The van der Waals surface area contributed by atoms with E-state index in [9.17, 15) is 27.9 Å². The number of urea groups is 1. The first kappa shape index (κ1) is 28.1. The molecule has 2 aromatic rings. The van der Waals surface area contributed by atoms with Crippen molar-refractivity contribution in [1.82, 2.24) is 4.90 Å². The summed E-state index contributed by atoms with van der Waals surface area (Å²) in [7, 11) is 0. The van der Waals surface area contributed by atoms with Crippen LogP contribution >= 0.6 is 0 Å². The van der Waals surface area contributed by atoms with Crippen LogP contribution in [0.1, 0.15) is 31.7 Å². The maximum atomic E-state index is 13.0. The summed E-state index contributed by atoms with van der Waals surface area (Å²) < 4.78 is 53.2. The summed E-state index contributed by atoms with van der Waals surface area (Å²) >= 11 is 0. The van der Waals surface area contributed by atoms with Crippen LogP contribution in [-0.2, 0) is 16.0 Å². The highest BCUT2D eigenvalue weighted by molar-refractivity contribution is 5.91. The normalized spacial score (nSPS) is 14.4. The molecule has 2 N–H and O–H groups in total. The number of anilines is 1. The molecule has 2 aromatic carbocycles. The second-order valence-corrected chi connectivity index (χ2v) is 8.70. The standard InChI is InChI=1S/C26H31F3N2O6/c1-2-35-23(24(32)33)16-18-10-12-20(13-11-18)36-15-14-31(17-19-6-5-7-19)25(34)30-21-8-3-4-9-22(21)37-26(27,28)29/h3-4,8-13,19,23H,2,5-7,14-17H2,1H3,(H,30,34)(H,32,33). The van der Waals surface area contributed by atoms with E-state index in [0.717, 1.165) is 30.9 Å². The van der Waals surface area contributed by atoms with Gasteiger partial charge in [-0.1, -0.05) is 30.7 Å². The fourth-order valence-electron chi connectivity index (χ4n) is 3.87. The minimum absolute atomic E-state index is 0.0772. The number of carboxylic acids is 1. The molecule has 1 saturated carbocycles. The van der Waals surface area contributed by atoms with Crippen molar-refractivity contribution < 1.29 is 42.1 Å². The van der Waals surface area contributed by atoms with Crippen molar-refractivity contribution in [3.63, 3.8) is 0 Å². The molecule has 0 radical (unpaired) electrons. The van der Waals surface area contributed by atoms with E-state index in [1.54, 1.807) is 31.2 Å². The molecule has 0 spiro atoms. The number of alkyl halides is 3. The van der Waals surface area contributed by atoms with Crippen LogP contribution in [-0.4, -0.2) is 60.8 Å². The van der Waals surface area contributed by atoms with Crippen LogP contribution in [0.25, 0.3) is 0 Å². The molecule has 1 unspecified atom stereocenters. The SMILES string of the molecule is CCOC(Cc1ccc(OCCN(CC2CCC2)C(=O)Nc2ccccc2OC(F)(F)F)cc1)C(=O)O. The Morgan fingerprint density at radius 3 is 2.43 bits per heavy atom. The molecule has 0 aliphatic heterocycles. The van der Waals surface area contributed by atoms with Crippen LogP contribution in [0.15, 0.2) is 48.5 Å². The van der Waals surface area contributed by atoms with Crippen molar-refractivity contribution in [3.8, 4) is 11.5 Å². The number of hydrogen-bond acceptors (Lipinski definition) is 5. The van der Waals surface area contributed by atoms with E-state index in [2.05, 4.69) is 10.1 Å². The van der Waals surface area contributed by atoms with Crippen molar-refractivity contribution in [2.24, 2.45) is 5.92 Å². The van der Waals surface area contributed by atoms with Crippen molar-refractivity contribution >= 4 is 17.7 Å². The topological polar surface area (TPSA) is 97.3 Å². The van der Waals surface area contributed by atoms with Gasteiger partial charge in [-0.3, -0.25) is 0 Å². The Morgan fingerprint density at radius 1 is 1.14 bits per heavy atom. The first-order valence-corrected chi connectivity index (χ1v) is 12.1. The number of hydrogen-bond donors (Lipinski definition) is 2. The van der Waals surface area contributed by atoms with Gasteiger partial charge in [0.2, 0.25) is 0 Å². The Balaban J connectivity index is 1.58. The number of carbonyl (C=O) groups excluding carboxylic acids is 1. The second-order valence-electron chi connectivity index (χ2n) is 8.70. The molecular formula is C26H31F3N2O6. The molecule has 37 heavy (non-hydrogen) atoms. The van der Waals surface area contributed by atoms with Crippen molar-refractivity contribution in [2.45, 2.75) is 45.1 Å². The summed E-state index contributed by atoms with van der Waals surface area (Å²) in [6.45, 7) is 2.87. The smallest absolute Gasteiger partial charge is 0.492 e. The minimum Gasteiger partial charge on any atom is -0.492 e. The zero-order chi connectivity index (χ0) is 26.8. The fourth-order valence-corrected chi connectivity index (χ4v) is 3.87. The van der Waals surface area contributed by atoms with Crippen LogP contribution in [0.3, 0.4) is 0 Å². The first-order valence-electron chi connectivity index (χ1n) is 12.1. The molecule has 0 heterocycles. The molecule has 1 fully saturated rings. The van der Waals surface area contributed by atoms with E-state index in [-0.39, 0.29) is 25.3 Å². The number of amides is 2. The Kier molecular flexibility index (Phi) is 10.0. The number of ether oxygens (including phenoxy) is 3. The third-order valence-corrected chi connectivity index (χ3v) is 5.96. The minimum atomic E-state index is -4.88. The quantitative estimate of drug-likeness (QED) is 0.368. The van der Waals surface area contributed by atoms with E-state index in [1.807, 2.05) is 0 Å². The third-order valence-electron chi connectivity index (χ3n) is 5.96. The van der Waals surface area contributed by atoms with Gasteiger partial charge in [-0.2, -0.15) is 0 Å². The maximum Gasteiger partial charge on any atom is 0.573 e. The van der Waals surface area contributed by atoms with Crippen LogP contribution in [0.5, 0.6) is 11.5 Å². The molecule has 11 heteroatoms. The molecule has 202 valence electrons. The molecule has 0 bridgehead atoms. The molecule has 3 rings (SSSR count). The van der Waals surface area contributed by atoms with Gasteiger partial charge < -0.3 is 29.5 Å². The van der Waals surface area contributed by atoms with Crippen LogP contribution in [0.4, 0.5) is 23.7 Å². The molecule has 2 amide bonds. The highest BCUT2D eigenvalue weighted by Crippen LogP contribution is 2.31. The van der Waals surface area contributed by atoms with Crippen molar-refractivity contribution in [1.29, 1.82) is 0 Å². The average Bonchev–Trinajstić information content (AvgIpc) is 2.81. The molecule has 0 aromatic heterocycles. The summed E-state index contributed by atoms with van der Waals surface area (Å²) in [5.41, 5.74) is 0.700. The first-order chi connectivity index (χ1) is 17.6. The highest BCUT2D eigenvalue weighted by atomic mass is 19.4. The van der Waals surface area contributed by atoms with Gasteiger partial charge in [-0.15, -0.1) is 13.2 Å². The van der Waals surface area contributed by atoms with Gasteiger partial charge in [0.25, 0.3) is 0 Å². The third kappa shape index (κ3) is 9.16. The number of benzene rings is 2. The van der Waals surface area contributed by atoms with Crippen LogP contribution in [0.2, 0.25) is 0 Å². The number of nitrogens with one attached hydrogen (secondary N) is 1. The number of rotatable bonds is 13. The highest BCUT2D eigenvalue weighted by Gasteiger charge is 2.32. The number of halogens is 3. The number of carboxylic acid groups (broad SMARTS) is 1. The second kappa shape index (κ2) is 13.2. The molecule has 1 aliphatic carbocycles. The predicted molar refractivity (Wildman–Crippen MR) is 130 cm³/mol. The summed E-state index contributed by atoms with van der Waals surface area (Å²) in [6, 6.07) is 11.8. The zero-order valence-corrected chi connectivity index (χ0v) is 20.5. The zero-order valence-electron chi connectivity index (χ0n) is 20.5. The number of para-hydroxylation sites is 2. The fraction of sp³-hybridized carbons (Fsp3) is 0.462. The lowest BCUT2D eigenvalue weighted by atomic mass is 9.85. The van der Waals surface area contributed by atoms with Crippen LogP contribution in [0, 0.1) is 5.92 Å². The van der Waals surface area contributed by atoms with Gasteiger partial charge >= 0.3 is 18.4 Å². The van der Waals surface area contributed by atoms with Crippen LogP contribution < -0.4 is 14.8 Å². The van der Waals surface area contributed by atoms with Crippen molar-refractivity contribution in [2.75, 3.05) is 31.6 Å². The van der Waals surface area contributed by atoms with Gasteiger partial charge in [0.1, 0.15) is 12.4 Å². The molecule has 1 atom stereocenters. The largest absolute Gasteiger partial charge is 0.573 e. The lowest BCUT2D eigenvalue weighted by Crippen LogP contribution is -2.42. The summed E-state index contributed by atoms with van der Waals surface area (Å²) in [6.07, 6.45) is -2.54. The van der Waals surface area contributed by atoms with E-state index in [1.165, 1.54) is 23.1 Å². The molecule has 8 nitrogen and oxygen atoms in total. The molecule has 1 aliphatic rings. The van der Waals surface area contributed by atoms with E-state index in [0.29, 0.717) is 24.8 Å². The number of nitrogens with zero attached hydrogens (tertiary/aromatic N) is 1. The molecular weight excluding hydrogens is 493 g/mol. The molecule has 0 saturated heterocycles. The monoisotopic (exact) mass is 524 g/mol. The number of aliphatic carboxylic acids is 1. The summed E-state index contributed by atoms with van der Waals surface area (Å²) in [4.78, 5) is 25.8. The Hall–Kier alpha value is -3.47. The Morgan fingerprint density at radius 2 is 1.84 bits per heavy atom. The maximum absolute atomic E-state index is 13.0. The summed E-state index contributed by atoms with van der Waals surface area (Å²) in [5.74, 6) is -0.642. The predicted octanol–water partition coefficient (Wildman–Crippen LogP) is 5.33. The van der Waals surface area contributed by atoms with E-state index in [4.69, 9.17) is 9.47 Å². The van der Waals surface area contributed by atoms with E-state index < -0.39 is 30.2 Å². The lowest BCUT2D eigenvalue weighted by molar-refractivity contribution is -0.274. The van der Waals surface area contributed by atoms with Gasteiger partial charge in [0.05, 0.1) is 12.2 Å². The van der Waals surface area contributed by atoms with Gasteiger partial charge in [-0.05, 0) is 55.5 Å². The summed E-state index contributed by atoms with van der Waals surface area (Å²) in [5, 5.41) is 11.8.